The van der Waals surface area contributed by atoms with Crippen molar-refractivity contribution in [3.8, 4) is 0 Å². The predicted octanol–water partition coefficient (Wildman–Crippen LogP) is 3.21. The number of nitrogens with zero attached hydrogens (tertiary/aromatic N) is 1. The quantitative estimate of drug-likeness (QED) is 0.877. The summed E-state index contributed by atoms with van der Waals surface area (Å²) >= 11 is 0. The molecule has 5 heteroatoms. The van der Waals surface area contributed by atoms with E-state index >= 15 is 0 Å². The molecule has 0 bridgehead atoms. The first kappa shape index (κ1) is 17.6. The van der Waals surface area contributed by atoms with Crippen molar-refractivity contribution in [3.63, 3.8) is 0 Å². The summed E-state index contributed by atoms with van der Waals surface area (Å²) in [4.78, 5) is 14.1. The molecule has 1 saturated heterocycles. The standard InChI is InChI=1S/C20H23FN2O2/c21-17-8-4-5-9-18(17)22-19(24)14-23-12-10-16(11-13-23)20(25)15-6-2-1-3-7-15/h1-9,16,20,25H,10-14H2,(H,22,24). The molecule has 132 valence electrons. The van der Waals surface area contributed by atoms with E-state index in [9.17, 15) is 14.3 Å². The van der Waals surface area contributed by atoms with Crippen molar-refractivity contribution in [3.05, 3.63) is 66.0 Å². The van der Waals surface area contributed by atoms with Crippen LogP contribution >= 0.6 is 0 Å². The normalized spacial score (nSPS) is 17.2. The molecular formula is C20H23FN2O2. The SMILES string of the molecule is O=C(CN1CCC(C(O)c2ccccc2)CC1)Nc1ccccc1F. The van der Waals surface area contributed by atoms with Gasteiger partial charge < -0.3 is 10.4 Å². The molecule has 1 aliphatic heterocycles. The molecular weight excluding hydrogens is 319 g/mol. The number of carbonyl (C=O) groups excluding carboxylic acids is 1. The van der Waals surface area contributed by atoms with Crippen LogP contribution in [0.15, 0.2) is 54.6 Å². The monoisotopic (exact) mass is 342 g/mol. The van der Waals surface area contributed by atoms with Gasteiger partial charge in [0.05, 0.1) is 18.3 Å². The molecule has 2 N–H and O–H groups in total. The second-order valence-corrected chi connectivity index (χ2v) is 6.50. The zero-order valence-corrected chi connectivity index (χ0v) is 14.1. The van der Waals surface area contributed by atoms with Crippen molar-refractivity contribution in [2.45, 2.75) is 18.9 Å². The van der Waals surface area contributed by atoms with Crippen LogP contribution in [0.25, 0.3) is 0 Å². The molecule has 0 spiro atoms. The molecule has 1 aliphatic rings. The fourth-order valence-electron chi connectivity index (χ4n) is 3.30. The lowest BCUT2D eigenvalue weighted by molar-refractivity contribution is -0.117. The Hall–Kier alpha value is -2.24. The Labute approximate surface area is 147 Å². The lowest BCUT2D eigenvalue weighted by atomic mass is 9.87. The maximum Gasteiger partial charge on any atom is 0.238 e. The van der Waals surface area contributed by atoms with E-state index in [1.807, 2.05) is 35.2 Å². The zero-order chi connectivity index (χ0) is 17.6. The molecule has 0 aliphatic carbocycles. The third-order valence-electron chi connectivity index (χ3n) is 4.74. The highest BCUT2D eigenvalue weighted by atomic mass is 19.1. The summed E-state index contributed by atoms with van der Waals surface area (Å²) in [5, 5.41) is 13.1. The lowest BCUT2D eigenvalue weighted by Gasteiger charge is -2.34. The molecule has 2 aromatic carbocycles. The van der Waals surface area contributed by atoms with Gasteiger partial charge in [0.1, 0.15) is 5.82 Å². The summed E-state index contributed by atoms with van der Waals surface area (Å²) in [7, 11) is 0. The number of halogens is 1. The molecule has 0 aromatic heterocycles. The van der Waals surface area contributed by atoms with Gasteiger partial charge in [-0.2, -0.15) is 0 Å². The van der Waals surface area contributed by atoms with Gasteiger partial charge in [-0.05, 0) is 49.5 Å². The molecule has 1 atom stereocenters. The number of hydrogen-bond acceptors (Lipinski definition) is 3. The summed E-state index contributed by atoms with van der Waals surface area (Å²) in [6.07, 6.45) is 1.21. The van der Waals surface area contributed by atoms with Crippen molar-refractivity contribution >= 4 is 11.6 Å². The zero-order valence-electron chi connectivity index (χ0n) is 14.1. The lowest BCUT2D eigenvalue weighted by Crippen LogP contribution is -2.40. The highest BCUT2D eigenvalue weighted by Crippen LogP contribution is 2.30. The minimum absolute atomic E-state index is 0.202. The number of piperidine rings is 1. The van der Waals surface area contributed by atoms with Gasteiger partial charge in [-0.25, -0.2) is 4.39 Å². The summed E-state index contributed by atoms with van der Waals surface area (Å²) in [5.41, 5.74) is 1.15. The van der Waals surface area contributed by atoms with Gasteiger partial charge in [-0.15, -0.1) is 0 Å². The molecule has 2 aromatic rings. The van der Waals surface area contributed by atoms with E-state index in [2.05, 4.69) is 5.32 Å². The van der Waals surface area contributed by atoms with E-state index in [0.29, 0.717) is 0 Å². The number of benzene rings is 2. The molecule has 25 heavy (non-hydrogen) atoms. The van der Waals surface area contributed by atoms with Gasteiger partial charge in [-0.3, -0.25) is 9.69 Å². The number of aliphatic hydroxyl groups excluding tert-OH is 1. The van der Waals surface area contributed by atoms with Gasteiger partial charge in [0.2, 0.25) is 5.91 Å². The average Bonchev–Trinajstić information content (AvgIpc) is 2.64. The highest BCUT2D eigenvalue weighted by Gasteiger charge is 2.27. The predicted molar refractivity (Wildman–Crippen MR) is 95.6 cm³/mol. The van der Waals surface area contributed by atoms with Crippen LogP contribution < -0.4 is 5.32 Å². The first-order chi connectivity index (χ1) is 12.1. The molecule has 4 nitrogen and oxygen atoms in total. The summed E-state index contributed by atoms with van der Waals surface area (Å²) in [5.74, 6) is -0.444. The van der Waals surface area contributed by atoms with Gasteiger partial charge in [-0.1, -0.05) is 42.5 Å². The number of para-hydroxylation sites is 1. The van der Waals surface area contributed by atoms with E-state index in [1.54, 1.807) is 18.2 Å². The summed E-state index contributed by atoms with van der Waals surface area (Å²) in [6.45, 7) is 1.74. The minimum atomic E-state index is -0.462. The van der Waals surface area contributed by atoms with Gasteiger partial charge in [0.25, 0.3) is 0 Å². The first-order valence-corrected chi connectivity index (χ1v) is 8.63. The average molecular weight is 342 g/mol. The van der Waals surface area contributed by atoms with Crippen LogP contribution in [0, 0.1) is 11.7 Å². The van der Waals surface area contributed by atoms with E-state index < -0.39 is 11.9 Å². The fourth-order valence-corrected chi connectivity index (χ4v) is 3.30. The van der Waals surface area contributed by atoms with Crippen molar-refractivity contribution in [2.75, 3.05) is 25.0 Å². The van der Waals surface area contributed by atoms with Crippen LogP contribution in [0.1, 0.15) is 24.5 Å². The number of carbonyl (C=O) groups is 1. The third kappa shape index (κ3) is 4.65. The Kier molecular flexibility index (Phi) is 5.79. The fraction of sp³-hybridized carbons (Fsp3) is 0.350. The van der Waals surface area contributed by atoms with Crippen LogP contribution in [0.3, 0.4) is 0 Å². The van der Waals surface area contributed by atoms with E-state index in [1.165, 1.54) is 6.07 Å². The number of likely N-dealkylation sites (tertiary alicyclic amines) is 1. The second kappa shape index (κ2) is 8.23. The van der Waals surface area contributed by atoms with Crippen molar-refractivity contribution < 1.29 is 14.3 Å². The molecule has 0 radical (unpaired) electrons. The van der Waals surface area contributed by atoms with Crippen LogP contribution in [-0.4, -0.2) is 35.5 Å². The van der Waals surface area contributed by atoms with Crippen LogP contribution in [0.2, 0.25) is 0 Å². The Morgan fingerprint density at radius 1 is 1.12 bits per heavy atom. The highest BCUT2D eigenvalue weighted by molar-refractivity contribution is 5.92. The van der Waals surface area contributed by atoms with Gasteiger partial charge in [0, 0.05) is 0 Å². The van der Waals surface area contributed by atoms with Gasteiger partial charge >= 0.3 is 0 Å². The maximum atomic E-state index is 13.6. The molecule has 1 fully saturated rings. The van der Waals surface area contributed by atoms with Crippen molar-refractivity contribution in [1.29, 1.82) is 0 Å². The molecule has 3 rings (SSSR count). The van der Waals surface area contributed by atoms with E-state index in [-0.39, 0.29) is 24.1 Å². The van der Waals surface area contributed by atoms with E-state index in [4.69, 9.17) is 0 Å². The second-order valence-electron chi connectivity index (χ2n) is 6.50. The number of amides is 1. The largest absolute Gasteiger partial charge is 0.388 e. The summed E-state index contributed by atoms with van der Waals surface area (Å²) < 4.78 is 13.6. The Bertz CT molecular complexity index is 700. The Balaban J connectivity index is 1.48. The molecule has 1 amide bonds. The number of hydrogen-bond donors (Lipinski definition) is 2. The Morgan fingerprint density at radius 3 is 2.44 bits per heavy atom. The molecule has 0 saturated carbocycles. The van der Waals surface area contributed by atoms with E-state index in [0.717, 1.165) is 31.5 Å². The van der Waals surface area contributed by atoms with Crippen LogP contribution in [0.4, 0.5) is 10.1 Å². The van der Waals surface area contributed by atoms with Crippen LogP contribution in [-0.2, 0) is 4.79 Å². The van der Waals surface area contributed by atoms with Gasteiger partial charge in [0.15, 0.2) is 0 Å². The number of anilines is 1. The molecule has 1 heterocycles. The van der Waals surface area contributed by atoms with Crippen LogP contribution in [0.5, 0.6) is 0 Å². The molecule has 1 unspecified atom stereocenters. The first-order valence-electron chi connectivity index (χ1n) is 8.63. The maximum absolute atomic E-state index is 13.6. The summed E-state index contributed by atoms with van der Waals surface area (Å²) in [6, 6.07) is 15.8. The topological polar surface area (TPSA) is 52.6 Å². The Morgan fingerprint density at radius 2 is 1.76 bits per heavy atom. The van der Waals surface area contributed by atoms with Crippen molar-refractivity contribution in [2.24, 2.45) is 5.92 Å². The van der Waals surface area contributed by atoms with Crippen molar-refractivity contribution in [1.82, 2.24) is 4.90 Å². The number of rotatable bonds is 5. The third-order valence-corrected chi connectivity index (χ3v) is 4.74. The minimum Gasteiger partial charge on any atom is -0.388 e. The number of nitrogens with one attached hydrogen (secondary N) is 1. The smallest absolute Gasteiger partial charge is 0.238 e. The number of aliphatic hydroxyl groups is 1.